The summed E-state index contributed by atoms with van der Waals surface area (Å²) in [7, 11) is 0. The number of nitrogens with two attached hydrogens (primary N) is 1. The highest BCUT2D eigenvalue weighted by Crippen LogP contribution is 2.38. The summed E-state index contributed by atoms with van der Waals surface area (Å²) >= 11 is 0. The van der Waals surface area contributed by atoms with Crippen molar-refractivity contribution in [2.75, 3.05) is 0 Å². The highest BCUT2D eigenvalue weighted by atomic mass is 19.4. The van der Waals surface area contributed by atoms with Crippen LogP contribution in [0.25, 0.3) is 0 Å². The molecule has 3 nitrogen and oxygen atoms in total. The molecule has 0 radical (unpaired) electrons. The Hall–Kier alpha value is -2.57. The fraction of sp³-hybridized carbons (Fsp3) is 0.0714. The molecular formula is C14H10F4N2O. The van der Waals surface area contributed by atoms with Crippen molar-refractivity contribution in [3.8, 4) is 11.5 Å². The molecule has 0 saturated carbocycles. The van der Waals surface area contributed by atoms with Gasteiger partial charge in [-0.25, -0.2) is 4.39 Å². The first-order chi connectivity index (χ1) is 9.79. The van der Waals surface area contributed by atoms with Crippen LogP contribution in [0.15, 0.2) is 42.5 Å². The van der Waals surface area contributed by atoms with Gasteiger partial charge in [0.2, 0.25) is 0 Å². The maximum atomic E-state index is 13.1. The molecule has 3 N–H and O–H groups in total. The van der Waals surface area contributed by atoms with Crippen LogP contribution in [0.1, 0.15) is 11.1 Å². The monoisotopic (exact) mass is 298 g/mol. The molecule has 0 atom stereocenters. The zero-order chi connectivity index (χ0) is 15.6. The van der Waals surface area contributed by atoms with Gasteiger partial charge in [-0.2, -0.15) is 13.2 Å². The maximum Gasteiger partial charge on any atom is 0.419 e. The number of hydrogen-bond donors (Lipinski definition) is 2. The van der Waals surface area contributed by atoms with Gasteiger partial charge in [0.05, 0.1) is 11.1 Å². The van der Waals surface area contributed by atoms with E-state index in [9.17, 15) is 17.6 Å². The van der Waals surface area contributed by atoms with Crippen molar-refractivity contribution in [3.63, 3.8) is 0 Å². The van der Waals surface area contributed by atoms with Crippen LogP contribution in [-0.2, 0) is 6.18 Å². The van der Waals surface area contributed by atoms with Gasteiger partial charge in [-0.3, -0.25) is 5.41 Å². The van der Waals surface area contributed by atoms with Crippen molar-refractivity contribution < 1.29 is 22.3 Å². The van der Waals surface area contributed by atoms with Gasteiger partial charge in [0.15, 0.2) is 0 Å². The number of ether oxygens (including phenoxy) is 1. The summed E-state index contributed by atoms with van der Waals surface area (Å²) in [6, 6.07) is 7.67. The number of amidine groups is 1. The molecule has 0 aliphatic heterocycles. The molecule has 0 saturated heterocycles. The highest BCUT2D eigenvalue weighted by molar-refractivity contribution is 5.97. The summed E-state index contributed by atoms with van der Waals surface area (Å²) < 4.78 is 56.9. The lowest BCUT2D eigenvalue weighted by molar-refractivity contribution is -0.138. The Morgan fingerprint density at radius 1 is 1.05 bits per heavy atom. The average molecular weight is 298 g/mol. The topological polar surface area (TPSA) is 59.1 Å². The summed E-state index contributed by atoms with van der Waals surface area (Å²) in [5.41, 5.74) is 4.19. The van der Waals surface area contributed by atoms with E-state index < -0.39 is 29.1 Å². The quantitative estimate of drug-likeness (QED) is 0.512. The zero-order valence-electron chi connectivity index (χ0n) is 10.5. The number of benzene rings is 2. The molecule has 0 spiro atoms. The molecule has 2 aromatic carbocycles. The van der Waals surface area contributed by atoms with Crippen molar-refractivity contribution in [2.24, 2.45) is 5.73 Å². The van der Waals surface area contributed by atoms with Gasteiger partial charge in [-0.05, 0) is 30.3 Å². The van der Waals surface area contributed by atoms with E-state index in [1.54, 1.807) is 0 Å². The molecule has 110 valence electrons. The third-order valence-corrected chi connectivity index (χ3v) is 2.64. The Morgan fingerprint density at radius 2 is 1.71 bits per heavy atom. The van der Waals surface area contributed by atoms with E-state index >= 15 is 0 Å². The Bertz CT molecular complexity index is 683. The maximum absolute atomic E-state index is 13.1. The Kier molecular flexibility index (Phi) is 3.84. The van der Waals surface area contributed by atoms with Crippen molar-refractivity contribution >= 4 is 5.84 Å². The van der Waals surface area contributed by atoms with Gasteiger partial charge in [0, 0.05) is 0 Å². The molecule has 0 aliphatic carbocycles. The fourth-order valence-corrected chi connectivity index (χ4v) is 1.71. The summed E-state index contributed by atoms with van der Waals surface area (Å²) in [6.07, 6.45) is -4.59. The smallest absolute Gasteiger partial charge is 0.419 e. The van der Waals surface area contributed by atoms with Gasteiger partial charge < -0.3 is 10.5 Å². The van der Waals surface area contributed by atoms with Crippen molar-refractivity contribution in [3.05, 3.63) is 59.4 Å². The van der Waals surface area contributed by atoms with Crippen LogP contribution in [0.4, 0.5) is 17.6 Å². The average Bonchev–Trinajstić information content (AvgIpc) is 2.40. The molecule has 2 aromatic rings. The minimum atomic E-state index is -4.59. The molecule has 0 aromatic heterocycles. The van der Waals surface area contributed by atoms with Crippen LogP contribution >= 0.6 is 0 Å². The first-order valence-corrected chi connectivity index (χ1v) is 5.77. The minimum Gasteiger partial charge on any atom is -0.456 e. The van der Waals surface area contributed by atoms with Gasteiger partial charge in [-0.15, -0.1) is 0 Å². The van der Waals surface area contributed by atoms with Crippen LogP contribution in [-0.4, -0.2) is 5.84 Å². The minimum absolute atomic E-state index is 0.119. The second-order valence-electron chi connectivity index (χ2n) is 4.15. The lowest BCUT2D eigenvalue weighted by atomic mass is 10.1. The Balaban J connectivity index is 2.47. The number of para-hydroxylation sites is 1. The molecular weight excluding hydrogens is 288 g/mol. The molecule has 0 fully saturated rings. The summed E-state index contributed by atoms with van der Waals surface area (Å²) in [6.45, 7) is 0. The van der Waals surface area contributed by atoms with E-state index in [-0.39, 0.29) is 11.3 Å². The predicted octanol–water partition coefficient (Wildman–Crippen LogP) is 3.92. The van der Waals surface area contributed by atoms with E-state index in [4.69, 9.17) is 15.9 Å². The lowest BCUT2D eigenvalue weighted by Gasteiger charge is -2.15. The van der Waals surface area contributed by atoms with E-state index in [2.05, 4.69) is 0 Å². The number of hydrogen-bond acceptors (Lipinski definition) is 2. The van der Waals surface area contributed by atoms with Crippen molar-refractivity contribution in [2.45, 2.75) is 6.18 Å². The molecule has 2 rings (SSSR count). The Labute approximate surface area is 117 Å². The number of halogens is 4. The van der Waals surface area contributed by atoms with E-state index in [1.807, 2.05) is 0 Å². The van der Waals surface area contributed by atoms with E-state index in [0.717, 1.165) is 30.3 Å². The lowest BCUT2D eigenvalue weighted by Crippen LogP contribution is -2.13. The predicted molar refractivity (Wildman–Crippen MR) is 68.9 cm³/mol. The zero-order valence-corrected chi connectivity index (χ0v) is 10.5. The van der Waals surface area contributed by atoms with Crippen LogP contribution in [0.2, 0.25) is 0 Å². The summed E-state index contributed by atoms with van der Waals surface area (Å²) in [5, 5.41) is 7.32. The van der Waals surface area contributed by atoms with E-state index in [1.165, 1.54) is 12.1 Å². The molecule has 0 unspecified atom stereocenters. The van der Waals surface area contributed by atoms with Crippen molar-refractivity contribution in [1.29, 1.82) is 5.41 Å². The van der Waals surface area contributed by atoms with Gasteiger partial charge >= 0.3 is 6.18 Å². The third kappa shape index (κ3) is 3.31. The summed E-state index contributed by atoms with van der Waals surface area (Å²) in [5.74, 6) is -1.75. The molecule has 0 amide bonds. The number of nitrogen functional groups attached to an aromatic ring is 1. The summed E-state index contributed by atoms with van der Waals surface area (Å²) in [4.78, 5) is 0. The Morgan fingerprint density at radius 3 is 2.33 bits per heavy atom. The standard InChI is InChI=1S/C14H10F4N2O/c15-8-5-6-11(9(7-8)13(19)20)21-12-4-2-1-3-10(12)14(16,17)18/h1-7H,(H3,19,20). The first kappa shape index (κ1) is 14.8. The first-order valence-electron chi connectivity index (χ1n) is 5.77. The SMILES string of the molecule is N=C(N)c1cc(F)ccc1Oc1ccccc1C(F)(F)F. The molecule has 7 heteroatoms. The van der Waals surface area contributed by atoms with E-state index in [0.29, 0.717) is 0 Å². The van der Waals surface area contributed by atoms with Crippen LogP contribution in [0.5, 0.6) is 11.5 Å². The van der Waals surface area contributed by atoms with Gasteiger partial charge in [0.25, 0.3) is 0 Å². The number of rotatable bonds is 3. The second kappa shape index (κ2) is 5.43. The largest absolute Gasteiger partial charge is 0.456 e. The third-order valence-electron chi connectivity index (χ3n) is 2.64. The van der Waals surface area contributed by atoms with Crippen LogP contribution < -0.4 is 10.5 Å². The number of nitrogens with one attached hydrogen (secondary N) is 1. The molecule has 0 bridgehead atoms. The molecule has 0 heterocycles. The molecule has 21 heavy (non-hydrogen) atoms. The van der Waals surface area contributed by atoms with Crippen LogP contribution in [0, 0.1) is 11.2 Å². The van der Waals surface area contributed by atoms with Crippen LogP contribution in [0.3, 0.4) is 0 Å². The second-order valence-corrected chi connectivity index (χ2v) is 4.15. The molecule has 0 aliphatic rings. The fourth-order valence-electron chi connectivity index (χ4n) is 1.71. The van der Waals surface area contributed by atoms with Gasteiger partial charge in [-0.1, -0.05) is 12.1 Å². The van der Waals surface area contributed by atoms with Crippen molar-refractivity contribution in [1.82, 2.24) is 0 Å². The normalized spacial score (nSPS) is 11.2. The highest BCUT2D eigenvalue weighted by Gasteiger charge is 2.34. The van der Waals surface area contributed by atoms with Gasteiger partial charge in [0.1, 0.15) is 23.2 Å². The number of alkyl halides is 3.